The Morgan fingerprint density at radius 2 is 2.00 bits per heavy atom. The predicted octanol–water partition coefficient (Wildman–Crippen LogP) is 2.34. The molecule has 0 aliphatic heterocycles. The smallest absolute Gasteiger partial charge is 0.251 e. The molecule has 2 aromatic heterocycles. The van der Waals surface area contributed by atoms with Crippen LogP contribution in [0.5, 0.6) is 0 Å². The first kappa shape index (κ1) is 17.0. The summed E-state index contributed by atoms with van der Waals surface area (Å²) in [5.74, 6) is -0.558. The summed E-state index contributed by atoms with van der Waals surface area (Å²) in [5, 5.41) is 5.94. The van der Waals surface area contributed by atoms with E-state index >= 15 is 0 Å². The summed E-state index contributed by atoms with van der Waals surface area (Å²) in [6.07, 6.45) is 3.55. The zero-order chi connectivity index (χ0) is 17.8. The highest BCUT2D eigenvalue weighted by Gasteiger charge is 2.09. The summed E-state index contributed by atoms with van der Waals surface area (Å²) in [6.45, 7) is 2.09. The van der Waals surface area contributed by atoms with Crippen molar-refractivity contribution >= 4 is 29.1 Å². The van der Waals surface area contributed by atoms with E-state index < -0.39 is 0 Å². The molecule has 0 aliphatic carbocycles. The molecule has 1 aromatic carbocycles. The number of nitrogens with zero attached hydrogens (tertiary/aromatic N) is 2. The van der Waals surface area contributed by atoms with E-state index in [2.05, 4.69) is 15.6 Å². The Morgan fingerprint density at radius 1 is 1.16 bits per heavy atom. The zero-order valence-electron chi connectivity index (χ0n) is 13.6. The molecule has 2 heterocycles. The van der Waals surface area contributed by atoms with Gasteiger partial charge in [0.15, 0.2) is 0 Å². The highest BCUT2D eigenvalue weighted by molar-refractivity contribution is 6.30. The lowest BCUT2D eigenvalue weighted by atomic mass is 10.1. The number of amides is 2. The second-order valence-corrected chi connectivity index (χ2v) is 6.11. The number of fused-ring (bicyclic) bond motifs is 1. The maximum atomic E-state index is 12.0. The topological polar surface area (TPSA) is 75.5 Å². The zero-order valence-corrected chi connectivity index (χ0v) is 14.4. The fourth-order valence-corrected chi connectivity index (χ4v) is 2.57. The van der Waals surface area contributed by atoms with Crippen molar-refractivity contribution in [3.05, 3.63) is 70.6 Å². The van der Waals surface area contributed by atoms with Gasteiger partial charge < -0.3 is 15.0 Å². The average molecular weight is 357 g/mol. The number of rotatable bonds is 5. The third kappa shape index (κ3) is 4.36. The Labute approximate surface area is 149 Å². The number of hydrogen-bond acceptors (Lipinski definition) is 3. The van der Waals surface area contributed by atoms with E-state index in [1.54, 1.807) is 47.1 Å². The number of nitrogens with one attached hydrogen (secondary N) is 2. The van der Waals surface area contributed by atoms with Gasteiger partial charge in [0.25, 0.3) is 5.91 Å². The Kier molecular flexibility index (Phi) is 5.00. The molecule has 128 valence electrons. The van der Waals surface area contributed by atoms with E-state index in [0.29, 0.717) is 16.3 Å². The summed E-state index contributed by atoms with van der Waals surface area (Å²) in [5.41, 5.74) is 2.98. The van der Waals surface area contributed by atoms with Crippen molar-refractivity contribution in [2.45, 2.75) is 13.5 Å². The van der Waals surface area contributed by atoms with Crippen LogP contribution in [0.3, 0.4) is 0 Å². The quantitative estimate of drug-likeness (QED) is 0.736. The predicted molar refractivity (Wildman–Crippen MR) is 95.6 cm³/mol. The van der Waals surface area contributed by atoms with Crippen molar-refractivity contribution in [1.29, 1.82) is 0 Å². The van der Waals surface area contributed by atoms with Gasteiger partial charge in [-0.15, -0.1) is 0 Å². The average Bonchev–Trinajstić information content (AvgIpc) is 2.99. The van der Waals surface area contributed by atoms with Gasteiger partial charge in [-0.2, -0.15) is 0 Å². The highest BCUT2D eigenvalue weighted by atomic mass is 35.5. The van der Waals surface area contributed by atoms with Gasteiger partial charge in [0.05, 0.1) is 23.8 Å². The van der Waals surface area contributed by atoms with E-state index in [0.717, 1.165) is 11.2 Å². The second-order valence-electron chi connectivity index (χ2n) is 5.67. The number of carbonyl (C=O) groups is 2. The summed E-state index contributed by atoms with van der Waals surface area (Å²) >= 11 is 5.93. The lowest BCUT2D eigenvalue weighted by molar-refractivity contribution is -0.120. The van der Waals surface area contributed by atoms with E-state index in [1.807, 2.05) is 13.0 Å². The van der Waals surface area contributed by atoms with Crippen LogP contribution in [0.4, 0.5) is 0 Å². The second kappa shape index (κ2) is 7.36. The van der Waals surface area contributed by atoms with Crippen LogP contribution in [-0.2, 0) is 11.3 Å². The van der Waals surface area contributed by atoms with Crippen molar-refractivity contribution in [2.75, 3.05) is 6.54 Å². The molecule has 0 saturated heterocycles. The van der Waals surface area contributed by atoms with Crippen molar-refractivity contribution in [3.8, 4) is 0 Å². The van der Waals surface area contributed by atoms with Gasteiger partial charge in [-0.3, -0.25) is 9.59 Å². The number of hydrogen-bond donors (Lipinski definition) is 2. The van der Waals surface area contributed by atoms with Crippen LogP contribution in [0.15, 0.2) is 48.8 Å². The molecule has 0 radical (unpaired) electrons. The number of imidazole rings is 1. The number of aromatic nitrogens is 2. The number of aryl methyl sites for hydroxylation is 1. The van der Waals surface area contributed by atoms with Crippen LogP contribution in [0.2, 0.25) is 5.02 Å². The summed E-state index contributed by atoms with van der Waals surface area (Å²) in [4.78, 5) is 28.3. The minimum atomic E-state index is -0.281. The van der Waals surface area contributed by atoms with Crippen LogP contribution in [-0.4, -0.2) is 27.7 Å². The maximum Gasteiger partial charge on any atom is 0.251 e. The Balaban J connectivity index is 1.51. The van der Waals surface area contributed by atoms with Crippen molar-refractivity contribution in [1.82, 2.24) is 20.0 Å². The molecule has 0 atom stereocenters. The van der Waals surface area contributed by atoms with Crippen LogP contribution in [0.25, 0.3) is 5.65 Å². The first-order valence-electron chi connectivity index (χ1n) is 7.76. The van der Waals surface area contributed by atoms with Gasteiger partial charge >= 0.3 is 0 Å². The molecule has 0 bridgehead atoms. The third-order valence-electron chi connectivity index (χ3n) is 3.62. The van der Waals surface area contributed by atoms with Gasteiger partial charge in [-0.05, 0) is 31.2 Å². The SMILES string of the molecule is Cc1cccc(C(=O)NCC(=O)NCc2cn3cc(Cl)ccc3n2)c1. The number of carbonyl (C=O) groups excluding carboxylic acids is 2. The van der Waals surface area contributed by atoms with Crippen LogP contribution < -0.4 is 10.6 Å². The molecule has 0 spiro atoms. The standard InChI is InChI=1S/C18H17ClN4O2/c1-12-3-2-4-13(7-12)18(25)21-9-17(24)20-8-15-11-23-10-14(19)5-6-16(23)22-15/h2-7,10-11H,8-9H2,1H3,(H,20,24)(H,21,25). The summed E-state index contributed by atoms with van der Waals surface area (Å²) < 4.78 is 1.79. The van der Waals surface area contributed by atoms with Crippen molar-refractivity contribution in [2.24, 2.45) is 0 Å². The largest absolute Gasteiger partial charge is 0.349 e. The van der Waals surface area contributed by atoms with E-state index in [9.17, 15) is 9.59 Å². The lowest BCUT2D eigenvalue weighted by Crippen LogP contribution is -2.36. The fourth-order valence-electron chi connectivity index (χ4n) is 2.40. The van der Waals surface area contributed by atoms with Gasteiger partial charge in [0.1, 0.15) is 5.65 Å². The molecule has 3 aromatic rings. The Hall–Kier alpha value is -2.86. The van der Waals surface area contributed by atoms with Crippen LogP contribution in [0.1, 0.15) is 21.6 Å². The molecule has 6 nitrogen and oxygen atoms in total. The molecule has 25 heavy (non-hydrogen) atoms. The first-order valence-corrected chi connectivity index (χ1v) is 8.14. The van der Waals surface area contributed by atoms with Gasteiger partial charge in [-0.1, -0.05) is 29.3 Å². The van der Waals surface area contributed by atoms with Crippen LogP contribution in [0, 0.1) is 6.92 Å². The fraction of sp³-hybridized carbons (Fsp3) is 0.167. The number of pyridine rings is 1. The summed E-state index contributed by atoms with van der Waals surface area (Å²) in [7, 11) is 0. The third-order valence-corrected chi connectivity index (χ3v) is 3.84. The van der Waals surface area contributed by atoms with Gasteiger partial charge in [0.2, 0.25) is 5.91 Å². The molecule has 2 amide bonds. The molecule has 7 heteroatoms. The molecule has 0 fully saturated rings. The summed E-state index contributed by atoms with van der Waals surface area (Å²) in [6, 6.07) is 10.8. The molecule has 0 saturated carbocycles. The molecular weight excluding hydrogens is 340 g/mol. The molecule has 3 rings (SSSR count). The van der Waals surface area contributed by atoms with E-state index in [1.165, 1.54) is 0 Å². The number of halogens is 1. The van der Waals surface area contributed by atoms with Crippen LogP contribution >= 0.6 is 11.6 Å². The normalized spacial score (nSPS) is 10.6. The monoisotopic (exact) mass is 356 g/mol. The lowest BCUT2D eigenvalue weighted by Gasteiger charge is -2.06. The molecule has 2 N–H and O–H groups in total. The molecule has 0 aliphatic rings. The number of benzene rings is 1. The van der Waals surface area contributed by atoms with E-state index in [-0.39, 0.29) is 24.9 Å². The molecule has 0 unspecified atom stereocenters. The first-order chi connectivity index (χ1) is 12.0. The highest BCUT2D eigenvalue weighted by Crippen LogP contribution is 2.11. The maximum absolute atomic E-state index is 12.0. The minimum absolute atomic E-state index is 0.0913. The minimum Gasteiger partial charge on any atom is -0.349 e. The Morgan fingerprint density at radius 3 is 2.80 bits per heavy atom. The van der Waals surface area contributed by atoms with Gasteiger partial charge in [-0.25, -0.2) is 4.98 Å². The van der Waals surface area contributed by atoms with Gasteiger partial charge in [0, 0.05) is 18.0 Å². The van der Waals surface area contributed by atoms with E-state index in [4.69, 9.17) is 11.6 Å². The molecular formula is C18H17ClN4O2. The van der Waals surface area contributed by atoms with Crippen molar-refractivity contribution < 1.29 is 9.59 Å². The Bertz CT molecular complexity index is 936. The van der Waals surface area contributed by atoms with Crippen molar-refractivity contribution in [3.63, 3.8) is 0 Å².